The van der Waals surface area contributed by atoms with Crippen molar-refractivity contribution in [1.29, 1.82) is 0 Å². The van der Waals surface area contributed by atoms with Gasteiger partial charge in [-0.1, -0.05) is 0 Å². The summed E-state index contributed by atoms with van der Waals surface area (Å²) >= 11 is 0. The molecule has 2 aromatic rings. The van der Waals surface area contributed by atoms with E-state index in [1.54, 1.807) is 6.26 Å². The quantitative estimate of drug-likeness (QED) is 0.312. The van der Waals surface area contributed by atoms with Crippen LogP contribution in [0.1, 0.15) is 26.3 Å². The van der Waals surface area contributed by atoms with E-state index in [0.717, 1.165) is 24.3 Å². The molecular formula is C16H16O8S. The van der Waals surface area contributed by atoms with Crippen molar-refractivity contribution in [3.63, 3.8) is 0 Å². The monoisotopic (exact) mass is 368 g/mol. The predicted molar refractivity (Wildman–Crippen MR) is 90.3 cm³/mol. The van der Waals surface area contributed by atoms with Crippen LogP contribution in [0.2, 0.25) is 0 Å². The number of carboxylic acid groups (broad SMARTS) is 2. The third kappa shape index (κ3) is 3.72. The van der Waals surface area contributed by atoms with Gasteiger partial charge in [-0.15, -0.1) is 0 Å². The molecule has 2 rings (SSSR count). The number of benzene rings is 2. The van der Waals surface area contributed by atoms with Gasteiger partial charge in [-0.05, 0) is 30.5 Å². The van der Waals surface area contributed by atoms with Crippen molar-refractivity contribution in [2.75, 3.05) is 6.26 Å². The lowest BCUT2D eigenvalue weighted by Gasteiger charge is -2.20. The number of hydrogen-bond donors (Lipinski definition) is 7. The Morgan fingerprint density at radius 3 is 1.80 bits per heavy atom. The van der Waals surface area contributed by atoms with Gasteiger partial charge < -0.3 is 30.6 Å². The summed E-state index contributed by atoms with van der Waals surface area (Å²) in [5, 5.41) is 57.3. The summed E-state index contributed by atoms with van der Waals surface area (Å²) < 4.78 is 0. The highest BCUT2D eigenvalue weighted by Gasteiger charge is 2.19. The second kappa shape index (κ2) is 6.81. The van der Waals surface area contributed by atoms with Gasteiger partial charge in [-0.3, -0.25) is 0 Å². The number of phenols is 4. The Labute approximate surface area is 144 Å². The van der Waals surface area contributed by atoms with Crippen molar-refractivity contribution < 1.29 is 40.2 Å². The number of aromatic carboxylic acids is 2. The molecule has 134 valence electrons. The summed E-state index contributed by atoms with van der Waals surface area (Å²) in [5.74, 6) is -4.24. The van der Waals surface area contributed by atoms with Crippen molar-refractivity contribution in [1.82, 2.24) is 0 Å². The van der Waals surface area contributed by atoms with Crippen LogP contribution in [0.3, 0.4) is 0 Å². The van der Waals surface area contributed by atoms with Crippen LogP contribution in [0.4, 0.5) is 0 Å². The van der Waals surface area contributed by atoms with Crippen molar-refractivity contribution in [2.45, 2.75) is 10.6 Å². The second-order valence-electron chi connectivity index (χ2n) is 5.32. The lowest BCUT2D eigenvalue weighted by atomic mass is 10.1. The van der Waals surface area contributed by atoms with Gasteiger partial charge in [0.25, 0.3) is 0 Å². The SMILES string of the molecule is C[SH](Cc1cc(O)c(C(=O)O)cc1O)c1cc(O)c(C(=O)O)cc1O. The van der Waals surface area contributed by atoms with E-state index in [0.29, 0.717) is 4.90 Å². The minimum absolute atomic E-state index is 0.161. The summed E-state index contributed by atoms with van der Waals surface area (Å²) in [6.45, 7) is 0. The second-order valence-corrected chi connectivity index (χ2v) is 7.52. The van der Waals surface area contributed by atoms with E-state index in [9.17, 15) is 30.0 Å². The number of carboxylic acids is 2. The Kier molecular flexibility index (Phi) is 4.98. The van der Waals surface area contributed by atoms with Gasteiger partial charge in [0.05, 0.1) is 0 Å². The highest BCUT2D eigenvalue weighted by Crippen LogP contribution is 2.46. The summed E-state index contributed by atoms with van der Waals surface area (Å²) in [6, 6.07) is 4.14. The van der Waals surface area contributed by atoms with Crippen LogP contribution in [0.5, 0.6) is 23.0 Å². The molecule has 6 N–H and O–H groups in total. The zero-order valence-electron chi connectivity index (χ0n) is 13.0. The average molecular weight is 368 g/mol. The van der Waals surface area contributed by atoms with E-state index < -0.39 is 45.5 Å². The number of hydrogen-bond acceptors (Lipinski definition) is 6. The summed E-state index contributed by atoms with van der Waals surface area (Å²) in [6.07, 6.45) is 1.71. The molecule has 2 aromatic carbocycles. The van der Waals surface area contributed by atoms with Crippen molar-refractivity contribution in [3.05, 3.63) is 41.0 Å². The molecule has 1 unspecified atom stereocenters. The topological polar surface area (TPSA) is 156 Å². The van der Waals surface area contributed by atoms with E-state index in [2.05, 4.69) is 0 Å². The Balaban J connectivity index is 2.36. The van der Waals surface area contributed by atoms with Gasteiger partial charge in [0.1, 0.15) is 34.1 Å². The molecule has 8 nitrogen and oxygen atoms in total. The van der Waals surface area contributed by atoms with Crippen LogP contribution in [0, 0.1) is 0 Å². The molecule has 0 amide bonds. The normalized spacial score (nSPS) is 12.6. The third-order valence-corrected chi connectivity index (χ3v) is 5.57. The molecule has 0 heterocycles. The fourth-order valence-corrected chi connectivity index (χ4v) is 4.03. The van der Waals surface area contributed by atoms with Gasteiger partial charge in [0.2, 0.25) is 0 Å². The lowest BCUT2D eigenvalue weighted by Crippen LogP contribution is -1.99. The summed E-state index contributed by atoms with van der Waals surface area (Å²) in [5.41, 5.74) is -0.610. The van der Waals surface area contributed by atoms with Crippen LogP contribution in [-0.4, -0.2) is 48.8 Å². The molecule has 25 heavy (non-hydrogen) atoms. The molecule has 0 aliphatic heterocycles. The standard InChI is InChI=1S/C16H16O8S/c1-25(14-5-12(19)9(16(23)24)4-13(14)20)6-7-2-11(18)8(15(21)22)3-10(7)17/h2-5,17-20,25H,6H2,1H3,(H,21,22)(H,23,24). The maximum atomic E-state index is 10.9. The van der Waals surface area contributed by atoms with Crippen molar-refractivity contribution in [2.24, 2.45) is 0 Å². The summed E-state index contributed by atoms with van der Waals surface area (Å²) in [4.78, 5) is 22.2. The lowest BCUT2D eigenvalue weighted by molar-refractivity contribution is 0.0682. The zero-order valence-corrected chi connectivity index (χ0v) is 13.9. The highest BCUT2D eigenvalue weighted by atomic mass is 32.2. The Morgan fingerprint density at radius 1 is 0.800 bits per heavy atom. The van der Waals surface area contributed by atoms with E-state index in [4.69, 9.17) is 10.2 Å². The van der Waals surface area contributed by atoms with Crippen LogP contribution in [0.15, 0.2) is 29.2 Å². The first kappa shape index (κ1) is 18.3. The number of rotatable bonds is 5. The van der Waals surface area contributed by atoms with E-state index >= 15 is 0 Å². The molecule has 1 atom stereocenters. The van der Waals surface area contributed by atoms with Crippen LogP contribution in [0.25, 0.3) is 0 Å². The molecule has 0 spiro atoms. The Bertz CT molecular complexity index is 862. The highest BCUT2D eigenvalue weighted by molar-refractivity contribution is 8.15. The molecular weight excluding hydrogens is 352 g/mol. The van der Waals surface area contributed by atoms with E-state index in [1.807, 2.05) is 0 Å². The largest absolute Gasteiger partial charge is 0.508 e. The van der Waals surface area contributed by atoms with Crippen LogP contribution < -0.4 is 0 Å². The van der Waals surface area contributed by atoms with Crippen molar-refractivity contribution >= 4 is 22.8 Å². The van der Waals surface area contributed by atoms with Gasteiger partial charge >= 0.3 is 11.9 Å². The van der Waals surface area contributed by atoms with E-state index in [1.165, 1.54) is 0 Å². The molecule has 0 fully saturated rings. The maximum Gasteiger partial charge on any atom is 0.339 e. The van der Waals surface area contributed by atoms with Crippen LogP contribution in [-0.2, 0) is 5.75 Å². The molecule has 0 aromatic heterocycles. The first-order valence-electron chi connectivity index (χ1n) is 6.90. The van der Waals surface area contributed by atoms with Crippen molar-refractivity contribution in [3.8, 4) is 23.0 Å². The van der Waals surface area contributed by atoms with Gasteiger partial charge in [-0.25, -0.2) is 20.5 Å². The minimum Gasteiger partial charge on any atom is -0.508 e. The first-order valence-corrected chi connectivity index (χ1v) is 8.87. The zero-order chi connectivity index (χ0) is 18.9. The van der Waals surface area contributed by atoms with Crippen LogP contribution >= 0.6 is 10.9 Å². The predicted octanol–water partition coefficient (Wildman–Crippen LogP) is 2.10. The third-order valence-electron chi connectivity index (χ3n) is 3.57. The fraction of sp³-hybridized carbons (Fsp3) is 0.125. The smallest absolute Gasteiger partial charge is 0.339 e. The Hall–Kier alpha value is -3.07. The van der Waals surface area contributed by atoms with Gasteiger partial charge in [0, 0.05) is 16.2 Å². The maximum absolute atomic E-state index is 10.9. The molecule has 0 aliphatic carbocycles. The van der Waals surface area contributed by atoms with E-state index in [-0.39, 0.29) is 22.8 Å². The summed E-state index contributed by atoms with van der Waals surface area (Å²) in [7, 11) is -1.20. The molecule has 0 bridgehead atoms. The minimum atomic E-state index is -1.38. The molecule has 9 heteroatoms. The number of aromatic hydroxyl groups is 4. The average Bonchev–Trinajstić information content (AvgIpc) is 2.51. The molecule has 0 saturated heterocycles. The van der Waals surface area contributed by atoms with Gasteiger partial charge in [-0.2, -0.15) is 0 Å². The first-order chi connectivity index (χ1) is 11.6. The number of phenolic OH excluding ortho intramolecular Hbond substituents is 2. The number of thiol groups is 1. The Morgan fingerprint density at radius 2 is 1.28 bits per heavy atom. The fourth-order valence-electron chi connectivity index (χ4n) is 2.30. The van der Waals surface area contributed by atoms with Gasteiger partial charge in [0.15, 0.2) is 0 Å². The molecule has 0 aliphatic rings. The number of carbonyl (C=O) groups is 2. The molecule has 0 saturated carbocycles. The molecule has 0 radical (unpaired) electrons.